The summed E-state index contributed by atoms with van der Waals surface area (Å²) in [6, 6.07) is 5.97. The molecule has 16 heavy (non-hydrogen) atoms. The zero-order chi connectivity index (χ0) is 11.5. The van der Waals surface area contributed by atoms with E-state index in [1.54, 1.807) is 6.33 Å². The lowest BCUT2D eigenvalue weighted by Gasteiger charge is -2.06. The normalized spacial score (nSPS) is 10.7. The summed E-state index contributed by atoms with van der Waals surface area (Å²) < 4.78 is 2.04. The SMILES string of the molecule is CCCn1cnnc1-c1ccc(C)c(Cl)c1. The molecule has 1 aromatic heterocycles. The Morgan fingerprint density at radius 3 is 2.88 bits per heavy atom. The zero-order valence-electron chi connectivity index (χ0n) is 9.44. The van der Waals surface area contributed by atoms with E-state index < -0.39 is 0 Å². The second-order valence-corrected chi connectivity index (χ2v) is 4.22. The molecule has 1 aromatic carbocycles. The van der Waals surface area contributed by atoms with Crippen molar-refractivity contribution in [2.75, 3.05) is 0 Å². The molecule has 2 rings (SSSR count). The van der Waals surface area contributed by atoms with Gasteiger partial charge in [0.1, 0.15) is 6.33 Å². The summed E-state index contributed by atoms with van der Waals surface area (Å²) in [7, 11) is 0. The van der Waals surface area contributed by atoms with Gasteiger partial charge in [-0.05, 0) is 25.0 Å². The molecule has 0 unspecified atom stereocenters. The second kappa shape index (κ2) is 4.66. The van der Waals surface area contributed by atoms with Crippen LogP contribution in [0.5, 0.6) is 0 Å². The third-order valence-corrected chi connectivity index (χ3v) is 2.92. The summed E-state index contributed by atoms with van der Waals surface area (Å²) in [4.78, 5) is 0. The molecular weight excluding hydrogens is 222 g/mol. The number of halogens is 1. The molecule has 0 bridgehead atoms. The molecule has 0 aliphatic heterocycles. The van der Waals surface area contributed by atoms with Gasteiger partial charge in [0.05, 0.1) is 0 Å². The fourth-order valence-corrected chi connectivity index (χ4v) is 1.80. The molecule has 0 saturated heterocycles. The van der Waals surface area contributed by atoms with Crippen molar-refractivity contribution in [3.05, 3.63) is 35.1 Å². The minimum Gasteiger partial charge on any atom is -0.314 e. The van der Waals surface area contributed by atoms with Crippen LogP contribution in [0.3, 0.4) is 0 Å². The molecule has 0 aliphatic carbocycles. The molecule has 0 N–H and O–H groups in total. The van der Waals surface area contributed by atoms with Gasteiger partial charge in [-0.1, -0.05) is 30.7 Å². The Bertz CT molecular complexity index is 491. The van der Waals surface area contributed by atoms with Gasteiger partial charge in [0, 0.05) is 17.1 Å². The number of hydrogen-bond donors (Lipinski definition) is 0. The van der Waals surface area contributed by atoms with Crippen molar-refractivity contribution in [1.82, 2.24) is 14.8 Å². The lowest BCUT2D eigenvalue weighted by molar-refractivity contribution is 0.683. The molecule has 0 amide bonds. The van der Waals surface area contributed by atoms with E-state index in [9.17, 15) is 0 Å². The van der Waals surface area contributed by atoms with Crippen molar-refractivity contribution in [2.24, 2.45) is 0 Å². The molecule has 0 spiro atoms. The number of benzene rings is 1. The van der Waals surface area contributed by atoms with Crippen LogP contribution in [0.2, 0.25) is 5.02 Å². The van der Waals surface area contributed by atoms with Gasteiger partial charge in [-0.3, -0.25) is 0 Å². The Labute approximate surface area is 100 Å². The summed E-state index contributed by atoms with van der Waals surface area (Å²) in [5.74, 6) is 0.878. The van der Waals surface area contributed by atoms with E-state index in [0.29, 0.717) is 0 Å². The zero-order valence-corrected chi connectivity index (χ0v) is 10.2. The van der Waals surface area contributed by atoms with Gasteiger partial charge in [-0.25, -0.2) is 0 Å². The van der Waals surface area contributed by atoms with Crippen LogP contribution in [0.1, 0.15) is 18.9 Å². The van der Waals surface area contributed by atoms with E-state index >= 15 is 0 Å². The maximum Gasteiger partial charge on any atom is 0.163 e. The van der Waals surface area contributed by atoms with Crippen LogP contribution >= 0.6 is 11.6 Å². The molecule has 84 valence electrons. The molecule has 0 atom stereocenters. The highest BCUT2D eigenvalue weighted by molar-refractivity contribution is 6.31. The van der Waals surface area contributed by atoms with Crippen molar-refractivity contribution >= 4 is 11.6 Å². The van der Waals surface area contributed by atoms with Gasteiger partial charge in [0.2, 0.25) is 0 Å². The summed E-state index contributed by atoms with van der Waals surface area (Å²) in [5.41, 5.74) is 2.09. The number of aromatic nitrogens is 3. The number of hydrogen-bond acceptors (Lipinski definition) is 2. The molecule has 0 radical (unpaired) electrons. The average molecular weight is 236 g/mol. The quantitative estimate of drug-likeness (QED) is 0.817. The van der Waals surface area contributed by atoms with Crippen LogP contribution in [0.25, 0.3) is 11.4 Å². The summed E-state index contributed by atoms with van der Waals surface area (Å²) in [6.45, 7) is 5.04. The van der Waals surface area contributed by atoms with Gasteiger partial charge in [0.15, 0.2) is 5.82 Å². The summed E-state index contributed by atoms with van der Waals surface area (Å²) in [5, 5.41) is 8.84. The lowest BCUT2D eigenvalue weighted by Crippen LogP contribution is -1.98. The number of aryl methyl sites for hydroxylation is 2. The average Bonchev–Trinajstić information content (AvgIpc) is 2.71. The first-order chi connectivity index (χ1) is 7.72. The van der Waals surface area contributed by atoms with E-state index in [1.165, 1.54) is 0 Å². The second-order valence-electron chi connectivity index (χ2n) is 3.81. The molecule has 3 nitrogen and oxygen atoms in total. The fraction of sp³-hybridized carbons (Fsp3) is 0.333. The van der Waals surface area contributed by atoms with Crippen LogP contribution in [0.15, 0.2) is 24.5 Å². The molecule has 0 fully saturated rings. The summed E-state index contributed by atoms with van der Waals surface area (Å²) in [6.07, 6.45) is 2.82. The van der Waals surface area contributed by atoms with Gasteiger partial charge in [-0.15, -0.1) is 10.2 Å². The predicted molar refractivity (Wildman–Crippen MR) is 65.5 cm³/mol. The summed E-state index contributed by atoms with van der Waals surface area (Å²) >= 11 is 6.10. The fourth-order valence-electron chi connectivity index (χ4n) is 1.62. The van der Waals surface area contributed by atoms with Crippen LogP contribution in [-0.4, -0.2) is 14.8 Å². The van der Waals surface area contributed by atoms with E-state index in [2.05, 4.69) is 17.1 Å². The Balaban J connectivity index is 2.42. The highest BCUT2D eigenvalue weighted by atomic mass is 35.5. The minimum absolute atomic E-state index is 0.767. The maximum absolute atomic E-state index is 6.10. The Morgan fingerprint density at radius 2 is 2.19 bits per heavy atom. The van der Waals surface area contributed by atoms with Gasteiger partial charge in [0.25, 0.3) is 0 Å². The van der Waals surface area contributed by atoms with Gasteiger partial charge >= 0.3 is 0 Å². The molecular formula is C12H14ClN3. The van der Waals surface area contributed by atoms with E-state index in [1.807, 2.05) is 29.7 Å². The van der Waals surface area contributed by atoms with Crippen molar-refractivity contribution in [2.45, 2.75) is 26.8 Å². The van der Waals surface area contributed by atoms with Gasteiger partial charge < -0.3 is 4.57 Å². The molecule has 2 aromatic rings. The minimum atomic E-state index is 0.767. The van der Waals surface area contributed by atoms with Crippen molar-refractivity contribution in [3.63, 3.8) is 0 Å². The van der Waals surface area contributed by atoms with Crippen molar-refractivity contribution in [3.8, 4) is 11.4 Å². The van der Waals surface area contributed by atoms with Crippen LogP contribution in [-0.2, 0) is 6.54 Å². The van der Waals surface area contributed by atoms with E-state index in [0.717, 1.165) is 34.9 Å². The molecule has 0 aliphatic rings. The monoisotopic (exact) mass is 235 g/mol. The smallest absolute Gasteiger partial charge is 0.163 e. The van der Waals surface area contributed by atoms with E-state index in [-0.39, 0.29) is 0 Å². The highest BCUT2D eigenvalue weighted by Crippen LogP contribution is 2.23. The third kappa shape index (κ3) is 2.09. The third-order valence-electron chi connectivity index (χ3n) is 2.51. The molecule has 0 saturated carbocycles. The first kappa shape index (κ1) is 11.1. The first-order valence-electron chi connectivity index (χ1n) is 5.36. The Hall–Kier alpha value is -1.35. The molecule has 1 heterocycles. The number of rotatable bonds is 3. The highest BCUT2D eigenvalue weighted by Gasteiger charge is 2.07. The largest absolute Gasteiger partial charge is 0.314 e. The topological polar surface area (TPSA) is 30.7 Å². The number of nitrogens with zero attached hydrogens (tertiary/aromatic N) is 3. The van der Waals surface area contributed by atoms with Crippen LogP contribution < -0.4 is 0 Å². The predicted octanol–water partition coefficient (Wildman–Crippen LogP) is 3.32. The van der Waals surface area contributed by atoms with Crippen molar-refractivity contribution in [1.29, 1.82) is 0 Å². The first-order valence-corrected chi connectivity index (χ1v) is 5.74. The van der Waals surface area contributed by atoms with Gasteiger partial charge in [-0.2, -0.15) is 0 Å². The maximum atomic E-state index is 6.10. The van der Waals surface area contributed by atoms with Crippen LogP contribution in [0, 0.1) is 6.92 Å². The van der Waals surface area contributed by atoms with Crippen molar-refractivity contribution < 1.29 is 0 Å². The Morgan fingerprint density at radius 1 is 1.38 bits per heavy atom. The van der Waals surface area contributed by atoms with Crippen LogP contribution in [0.4, 0.5) is 0 Å². The Kier molecular flexibility index (Phi) is 3.25. The van der Waals surface area contributed by atoms with E-state index in [4.69, 9.17) is 11.6 Å². The standard InChI is InChI=1S/C12H14ClN3/c1-3-6-16-8-14-15-12(16)10-5-4-9(2)11(13)7-10/h4-5,7-8H,3,6H2,1-2H3. The lowest BCUT2D eigenvalue weighted by atomic mass is 10.1. The molecule has 4 heteroatoms.